The topological polar surface area (TPSA) is 66.8 Å². The molecule has 1 N–H and O–H groups in total. The fraction of sp³-hybridized carbons (Fsp3) is 0.200. The van der Waals surface area contributed by atoms with Crippen LogP contribution in [0.3, 0.4) is 0 Å². The Balaban J connectivity index is 1.36. The molecule has 1 fully saturated rings. The van der Waals surface area contributed by atoms with E-state index in [2.05, 4.69) is 5.32 Å². The predicted octanol–water partition coefficient (Wildman–Crippen LogP) is 5.73. The van der Waals surface area contributed by atoms with Crippen LogP contribution in [0.15, 0.2) is 78.9 Å². The monoisotopic (exact) mass is 530 g/mol. The second-order valence-electron chi connectivity index (χ2n) is 9.27. The summed E-state index contributed by atoms with van der Waals surface area (Å²) in [5.74, 6) is -0.982. The Kier molecular flexibility index (Phi) is 7.31. The van der Waals surface area contributed by atoms with E-state index in [0.717, 1.165) is 34.8 Å². The molecule has 1 aliphatic rings. The summed E-state index contributed by atoms with van der Waals surface area (Å²) < 4.78 is 34.6. The largest absolute Gasteiger partial charge is 0.497 e. The van der Waals surface area contributed by atoms with E-state index in [1.165, 1.54) is 11.0 Å². The summed E-state index contributed by atoms with van der Waals surface area (Å²) in [6.45, 7) is 3.12. The van der Waals surface area contributed by atoms with Gasteiger partial charge in [0.05, 0.1) is 24.1 Å². The van der Waals surface area contributed by atoms with Crippen LogP contribution in [0.2, 0.25) is 0 Å². The zero-order chi connectivity index (χ0) is 27.5. The lowest BCUT2D eigenvalue weighted by atomic mass is 10.1. The van der Waals surface area contributed by atoms with Crippen molar-refractivity contribution in [2.45, 2.75) is 6.92 Å². The van der Waals surface area contributed by atoms with Gasteiger partial charge in [-0.2, -0.15) is 0 Å². The maximum atomic E-state index is 14.0. The average Bonchev–Trinajstić information content (AvgIpc) is 3.31. The molecule has 1 aromatic heterocycles. The fourth-order valence-electron chi connectivity index (χ4n) is 4.80. The SMILES string of the molecule is COc1cccc(-n2c(-c3ccccc3)cc(C(=O)N3CCN(C(=O)Nc4ccc(F)cc4F)CC3)c2C)c1. The summed E-state index contributed by atoms with van der Waals surface area (Å²) >= 11 is 0. The van der Waals surface area contributed by atoms with Crippen LogP contribution in [-0.4, -0.2) is 59.6 Å². The van der Waals surface area contributed by atoms with Crippen molar-refractivity contribution < 1.29 is 23.1 Å². The van der Waals surface area contributed by atoms with Crippen LogP contribution < -0.4 is 10.1 Å². The number of amides is 3. The number of carbonyl (C=O) groups is 2. The number of aromatic nitrogens is 1. The number of nitrogens with zero attached hydrogens (tertiary/aromatic N) is 3. The molecule has 4 aromatic rings. The maximum Gasteiger partial charge on any atom is 0.322 e. The van der Waals surface area contributed by atoms with Gasteiger partial charge in [-0.1, -0.05) is 36.4 Å². The summed E-state index contributed by atoms with van der Waals surface area (Å²) in [5, 5.41) is 2.48. The number of benzene rings is 3. The average molecular weight is 531 g/mol. The minimum atomic E-state index is -0.845. The molecule has 3 aromatic carbocycles. The van der Waals surface area contributed by atoms with Gasteiger partial charge in [-0.05, 0) is 42.8 Å². The van der Waals surface area contributed by atoms with Gasteiger partial charge >= 0.3 is 6.03 Å². The molecule has 0 radical (unpaired) electrons. The highest BCUT2D eigenvalue weighted by Crippen LogP contribution is 2.31. The van der Waals surface area contributed by atoms with Crippen molar-refractivity contribution in [3.05, 3.63) is 102 Å². The van der Waals surface area contributed by atoms with Crippen LogP contribution in [0.4, 0.5) is 19.3 Å². The smallest absolute Gasteiger partial charge is 0.322 e. The van der Waals surface area contributed by atoms with Crippen molar-refractivity contribution in [2.75, 3.05) is 38.6 Å². The van der Waals surface area contributed by atoms with Crippen LogP contribution in [0.5, 0.6) is 5.75 Å². The first kappa shape index (κ1) is 26.0. The number of piperazine rings is 1. The first-order valence-electron chi connectivity index (χ1n) is 12.6. The van der Waals surface area contributed by atoms with E-state index in [0.29, 0.717) is 24.4 Å². The number of halogens is 2. The molecule has 0 unspecified atom stereocenters. The number of methoxy groups -OCH3 is 1. The molecule has 9 heteroatoms. The molecular weight excluding hydrogens is 502 g/mol. The number of ether oxygens (including phenoxy) is 1. The lowest BCUT2D eigenvalue weighted by molar-refractivity contribution is 0.0671. The Hall–Kier alpha value is -4.66. The molecule has 5 rings (SSSR count). The summed E-state index contributed by atoms with van der Waals surface area (Å²) in [4.78, 5) is 29.6. The second kappa shape index (κ2) is 11.0. The standard InChI is InChI=1S/C30H28F2N4O3/c1-20-25(19-28(21-7-4-3-5-8-21)36(20)23-9-6-10-24(18-23)39-2)29(37)34-13-15-35(16-14-34)30(38)33-27-12-11-22(31)17-26(27)32/h3-12,17-19H,13-16H2,1-2H3,(H,33,38). The van der Waals surface area contributed by atoms with Crippen molar-refractivity contribution in [3.8, 4) is 22.7 Å². The first-order valence-corrected chi connectivity index (χ1v) is 12.6. The van der Waals surface area contributed by atoms with Gasteiger partial charge in [0.25, 0.3) is 5.91 Å². The van der Waals surface area contributed by atoms with Gasteiger partial charge < -0.3 is 24.4 Å². The molecule has 39 heavy (non-hydrogen) atoms. The van der Waals surface area contributed by atoms with Gasteiger partial charge in [0.1, 0.15) is 17.4 Å². The van der Waals surface area contributed by atoms with E-state index in [1.807, 2.05) is 72.2 Å². The van der Waals surface area contributed by atoms with E-state index in [-0.39, 0.29) is 24.7 Å². The second-order valence-corrected chi connectivity index (χ2v) is 9.27. The van der Waals surface area contributed by atoms with E-state index in [9.17, 15) is 18.4 Å². The molecule has 0 saturated carbocycles. The molecule has 200 valence electrons. The highest BCUT2D eigenvalue weighted by Gasteiger charge is 2.28. The third-order valence-corrected chi connectivity index (χ3v) is 6.89. The van der Waals surface area contributed by atoms with E-state index in [4.69, 9.17) is 4.74 Å². The van der Waals surface area contributed by atoms with Crippen LogP contribution in [0.25, 0.3) is 16.9 Å². The van der Waals surface area contributed by atoms with Gasteiger partial charge in [-0.25, -0.2) is 13.6 Å². The molecule has 0 spiro atoms. The fourth-order valence-corrected chi connectivity index (χ4v) is 4.80. The number of urea groups is 1. The Morgan fingerprint density at radius 3 is 2.26 bits per heavy atom. The molecule has 7 nitrogen and oxygen atoms in total. The third kappa shape index (κ3) is 5.34. The Morgan fingerprint density at radius 2 is 1.56 bits per heavy atom. The molecule has 2 heterocycles. The number of anilines is 1. The lowest BCUT2D eigenvalue weighted by Crippen LogP contribution is -2.51. The summed E-state index contributed by atoms with van der Waals surface area (Å²) in [7, 11) is 1.62. The molecular formula is C30H28F2N4O3. The van der Waals surface area contributed by atoms with Crippen LogP contribution in [0, 0.1) is 18.6 Å². The maximum absolute atomic E-state index is 14.0. The summed E-state index contributed by atoms with van der Waals surface area (Å²) in [6.07, 6.45) is 0. The van der Waals surface area contributed by atoms with E-state index in [1.54, 1.807) is 12.0 Å². The van der Waals surface area contributed by atoms with Gasteiger partial charge in [0.2, 0.25) is 0 Å². The minimum absolute atomic E-state index is 0.0946. The van der Waals surface area contributed by atoms with Gasteiger partial charge in [-0.3, -0.25) is 4.79 Å². The highest BCUT2D eigenvalue weighted by molar-refractivity contribution is 5.97. The lowest BCUT2D eigenvalue weighted by Gasteiger charge is -2.34. The molecule has 1 aliphatic heterocycles. The Bertz CT molecular complexity index is 1510. The van der Waals surface area contributed by atoms with Crippen LogP contribution in [-0.2, 0) is 0 Å². The third-order valence-electron chi connectivity index (χ3n) is 6.89. The van der Waals surface area contributed by atoms with Crippen LogP contribution >= 0.6 is 0 Å². The van der Waals surface area contributed by atoms with Crippen molar-refractivity contribution in [1.82, 2.24) is 14.4 Å². The Morgan fingerprint density at radius 1 is 0.846 bits per heavy atom. The normalized spacial score (nSPS) is 13.3. The first-order chi connectivity index (χ1) is 18.9. The van der Waals surface area contributed by atoms with Crippen molar-refractivity contribution in [2.24, 2.45) is 0 Å². The van der Waals surface area contributed by atoms with Gasteiger partial charge in [-0.15, -0.1) is 0 Å². The van der Waals surface area contributed by atoms with Crippen molar-refractivity contribution in [3.63, 3.8) is 0 Å². The zero-order valence-corrected chi connectivity index (χ0v) is 21.7. The van der Waals surface area contributed by atoms with Crippen LogP contribution in [0.1, 0.15) is 16.1 Å². The number of nitrogens with one attached hydrogen (secondary N) is 1. The quantitative estimate of drug-likeness (QED) is 0.359. The minimum Gasteiger partial charge on any atom is -0.497 e. The predicted molar refractivity (Wildman–Crippen MR) is 145 cm³/mol. The van der Waals surface area contributed by atoms with Crippen molar-refractivity contribution in [1.29, 1.82) is 0 Å². The van der Waals surface area contributed by atoms with E-state index >= 15 is 0 Å². The molecule has 0 bridgehead atoms. The number of rotatable bonds is 5. The molecule has 0 aliphatic carbocycles. The number of hydrogen-bond acceptors (Lipinski definition) is 3. The zero-order valence-electron chi connectivity index (χ0n) is 21.7. The highest BCUT2D eigenvalue weighted by atomic mass is 19.1. The summed E-state index contributed by atoms with van der Waals surface area (Å²) in [5.41, 5.74) is 3.99. The van der Waals surface area contributed by atoms with Crippen molar-refractivity contribution >= 4 is 17.6 Å². The summed E-state index contributed by atoms with van der Waals surface area (Å²) in [6, 6.07) is 21.9. The molecule has 3 amide bonds. The van der Waals surface area contributed by atoms with Gasteiger partial charge in [0.15, 0.2) is 0 Å². The number of carbonyl (C=O) groups excluding carboxylic acids is 2. The number of hydrogen-bond donors (Lipinski definition) is 1. The Labute approximate surface area is 225 Å². The molecule has 0 atom stereocenters. The molecule has 1 saturated heterocycles. The van der Waals surface area contributed by atoms with Gasteiger partial charge in [0, 0.05) is 49.7 Å². The van der Waals surface area contributed by atoms with E-state index < -0.39 is 17.7 Å².